The predicted octanol–water partition coefficient (Wildman–Crippen LogP) is 3.05. The molecule has 2 aromatic rings. The first-order valence-electron chi connectivity index (χ1n) is 8.77. The molecule has 0 saturated heterocycles. The fourth-order valence-corrected chi connectivity index (χ4v) is 3.09. The van der Waals surface area contributed by atoms with Gasteiger partial charge < -0.3 is 15.2 Å². The molecule has 0 spiro atoms. The highest BCUT2D eigenvalue weighted by molar-refractivity contribution is 7.13. The van der Waals surface area contributed by atoms with E-state index in [4.69, 9.17) is 4.74 Å². The second kappa shape index (κ2) is 10.4. The maximum Gasteiger partial charge on any atom is 0.413 e. The molecule has 3 N–H and O–H groups in total. The summed E-state index contributed by atoms with van der Waals surface area (Å²) >= 11 is 1.16. The summed E-state index contributed by atoms with van der Waals surface area (Å²) in [6, 6.07) is 8.33. The molecular weight excluding hydrogens is 382 g/mol. The number of carboxylic acid groups (broad SMARTS) is 1. The number of nitrogens with zero attached hydrogens (tertiary/aromatic N) is 1. The van der Waals surface area contributed by atoms with Gasteiger partial charge in [-0.05, 0) is 17.9 Å². The number of benzene rings is 1. The second-order valence-electron chi connectivity index (χ2n) is 6.60. The number of hydrogen-bond acceptors (Lipinski definition) is 6. The molecule has 2 rings (SSSR count). The van der Waals surface area contributed by atoms with Crippen LogP contribution in [0, 0.1) is 5.92 Å². The van der Waals surface area contributed by atoms with Crippen molar-refractivity contribution in [1.29, 1.82) is 0 Å². The largest absolute Gasteiger partial charge is 0.480 e. The maximum atomic E-state index is 12.1. The summed E-state index contributed by atoms with van der Waals surface area (Å²) in [5.41, 5.74) is 1.30. The minimum atomic E-state index is -1.07. The Morgan fingerprint density at radius 2 is 1.93 bits per heavy atom. The molecule has 0 aliphatic heterocycles. The molecule has 1 heterocycles. The number of thiazole rings is 1. The summed E-state index contributed by atoms with van der Waals surface area (Å²) < 4.78 is 5.11. The van der Waals surface area contributed by atoms with Crippen molar-refractivity contribution >= 4 is 34.4 Å². The molecule has 0 radical (unpaired) electrons. The summed E-state index contributed by atoms with van der Waals surface area (Å²) in [4.78, 5) is 39.3. The van der Waals surface area contributed by atoms with E-state index in [0.717, 1.165) is 16.9 Å². The molecule has 0 saturated carbocycles. The number of carbonyl (C=O) groups excluding carboxylic acids is 2. The van der Waals surface area contributed by atoms with E-state index >= 15 is 0 Å². The molecule has 2 amide bonds. The molecular formula is C19H23N3O5S. The monoisotopic (exact) mass is 405 g/mol. The fraction of sp³-hybridized carbons (Fsp3) is 0.368. The molecule has 0 bridgehead atoms. The first-order valence-corrected chi connectivity index (χ1v) is 9.65. The Labute approximate surface area is 166 Å². The standard InChI is InChI=1S/C19H23N3O5S/c1-12(2)8-15(17(24)25)21-16(23)9-14-11-28-18(20-14)22-19(26)27-10-13-6-4-3-5-7-13/h3-7,11-12,15H,8-10H2,1-2H3,(H,21,23)(H,24,25)(H,20,22,26). The number of carboxylic acids is 1. The van der Waals surface area contributed by atoms with E-state index in [2.05, 4.69) is 15.6 Å². The van der Waals surface area contributed by atoms with Crippen LogP contribution in [0.15, 0.2) is 35.7 Å². The van der Waals surface area contributed by atoms with Gasteiger partial charge in [0, 0.05) is 5.38 Å². The molecule has 28 heavy (non-hydrogen) atoms. The van der Waals surface area contributed by atoms with Gasteiger partial charge in [-0.15, -0.1) is 11.3 Å². The van der Waals surface area contributed by atoms with Crippen LogP contribution in [0.2, 0.25) is 0 Å². The van der Waals surface area contributed by atoms with Crippen molar-refractivity contribution in [1.82, 2.24) is 10.3 Å². The number of rotatable bonds is 9. The Balaban J connectivity index is 1.81. The molecule has 150 valence electrons. The topological polar surface area (TPSA) is 118 Å². The first kappa shape index (κ1) is 21.4. The molecule has 9 heteroatoms. The second-order valence-corrected chi connectivity index (χ2v) is 7.45. The lowest BCUT2D eigenvalue weighted by Gasteiger charge is -2.16. The van der Waals surface area contributed by atoms with Crippen LogP contribution in [0.1, 0.15) is 31.5 Å². The van der Waals surface area contributed by atoms with Gasteiger partial charge in [-0.25, -0.2) is 14.6 Å². The zero-order valence-electron chi connectivity index (χ0n) is 15.7. The van der Waals surface area contributed by atoms with E-state index in [1.54, 1.807) is 5.38 Å². The van der Waals surface area contributed by atoms with Crippen molar-refractivity contribution in [3.8, 4) is 0 Å². The van der Waals surface area contributed by atoms with Gasteiger partial charge in [-0.3, -0.25) is 10.1 Å². The molecule has 8 nitrogen and oxygen atoms in total. The van der Waals surface area contributed by atoms with Gasteiger partial charge in [0.05, 0.1) is 12.1 Å². The predicted molar refractivity (Wildman–Crippen MR) is 105 cm³/mol. The van der Waals surface area contributed by atoms with Crippen LogP contribution >= 0.6 is 11.3 Å². The highest BCUT2D eigenvalue weighted by Gasteiger charge is 2.21. The molecule has 0 aliphatic rings. The quantitative estimate of drug-likeness (QED) is 0.590. The van der Waals surface area contributed by atoms with Crippen molar-refractivity contribution in [2.75, 3.05) is 5.32 Å². The molecule has 1 aromatic heterocycles. The average Bonchev–Trinajstić information content (AvgIpc) is 3.06. The third-order valence-corrected chi connectivity index (χ3v) is 4.46. The van der Waals surface area contributed by atoms with Gasteiger partial charge in [0.1, 0.15) is 12.6 Å². The summed E-state index contributed by atoms with van der Waals surface area (Å²) in [5, 5.41) is 16.1. The minimum absolute atomic E-state index is 0.0703. The van der Waals surface area contributed by atoms with Crippen LogP contribution in [0.5, 0.6) is 0 Å². The number of amides is 2. The fourth-order valence-electron chi connectivity index (χ4n) is 2.39. The Hall–Kier alpha value is -2.94. The number of hydrogen-bond donors (Lipinski definition) is 3. The van der Waals surface area contributed by atoms with Crippen LogP contribution < -0.4 is 10.6 Å². The highest BCUT2D eigenvalue weighted by atomic mass is 32.1. The van der Waals surface area contributed by atoms with Gasteiger partial charge >= 0.3 is 12.1 Å². The highest BCUT2D eigenvalue weighted by Crippen LogP contribution is 2.16. The number of ether oxygens (including phenoxy) is 1. The van der Waals surface area contributed by atoms with Gasteiger partial charge in [-0.2, -0.15) is 0 Å². The zero-order valence-corrected chi connectivity index (χ0v) is 16.5. The van der Waals surface area contributed by atoms with Crippen molar-refractivity contribution in [3.05, 3.63) is 47.0 Å². The zero-order chi connectivity index (χ0) is 20.5. The van der Waals surface area contributed by atoms with E-state index in [9.17, 15) is 19.5 Å². The van der Waals surface area contributed by atoms with Crippen molar-refractivity contribution in [2.45, 2.75) is 39.3 Å². The Morgan fingerprint density at radius 1 is 1.21 bits per heavy atom. The summed E-state index contributed by atoms with van der Waals surface area (Å²) in [7, 11) is 0. The van der Waals surface area contributed by atoms with Crippen molar-refractivity contribution in [3.63, 3.8) is 0 Å². The smallest absolute Gasteiger partial charge is 0.413 e. The van der Waals surface area contributed by atoms with E-state index in [1.165, 1.54) is 0 Å². The van der Waals surface area contributed by atoms with Crippen molar-refractivity contribution in [2.24, 2.45) is 5.92 Å². The SMILES string of the molecule is CC(C)CC(NC(=O)Cc1csc(NC(=O)OCc2ccccc2)n1)C(=O)O. The maximum absolute atomic E-state index is 12.1. The lowest BCUT2D eigenvalue weighted by Crippen LogP contribution is -2.42. The third kappa shape index (κ3) is 7.36. The van der Waals surface area contributed by atoms with E-state index in [1.807, 2.05) is 44.2 Å². The Morgan fingerprint density at radius 3 is 2.57 bits per heavy atom. The van der Waals surface area contributed by atoms with E-state index in [0.29, 0.717) is 17.2 Å². The van der Waals surface area contributed by atoms with Crippen LogP contribution in [0.25, 0.3) is 0 Å². The van der Waals surface area contributed by atoms with Crippen LogP contribution in [-0.2, 0) is 27.4 Å². The van der Waals surface area contributed by atoms with Crippen LogP contribution in [0.3, 0.4) is 0 Å². The molecule has 0 fully saturated rings. The van der Waals surface area contributed by atoms with Crippen molar-refractivity contribution < 1.29 is 24.2 Å². The van der Waals surface area contributed by atoms with Crippen LogP contribution in [-0.4, -0.2) is 34.1 Å². The number of aliphatic carboxylic acids is 1. The molecule has 0 aliphatic carbocycles. The summed E-state index contributed by atoms with van der Waals surface area (Å²) in [6.45, 7) is 3.91. The lowest BCUT2D eigenvalue weighted by molar-refractivity contribution is -0.142. The number of carbonyl (C=O) groups is 3. The van der Waals surface area contributed by atoms with E-state index in [-0.39, 0.29) is 18.9 Å². The average molecular weight is 405 g/mol. The van der Waals surface area contributed by atoms with E-state index < -0.39 is 24.0 Å². The first-order chi connectivity index (χ1) is 13.3. The number of anilines is 1. The van der Waals surface area contributed by atoms with Crippen LogP contribution in [0.4, 0.5) is 9.93 Å². The summed E-state index contributed by atoms with van der Waals surface area (Å²) in [5.74, 6) is -1.36. The number of aromatic nitrogens is 1. The van der Waals surface area contributed by atoms with Gasteiger partial charge in [0.15, 0.2) is 5.13 Å². The van der Waals surface area contributed by atoms with Gasteiger partial charge in [0.25, 0.3) is 0 Å². The summed E-state index contributed by atoms with van der Waals surface area (Å²) in [6.07, 6.45) is -0.366. The number of nitrogens with one attached hydrogen (secondary N) is 2. The molecule has 1 atom stereocenters. The minimum Gasteiger partial charge on any atom is -0.480 e. The Kier molecular flexibility index (Phi) is 7.94. The lowest BCUT2D eigenvalue weighted by atomic mass is 10.0. The normalized spacial score (nSPS) is 11.7. The molecule has 1 unspecified atom stereocenters. The van der Waals surface area contributed by atoms with Gasteiger partial charge in [0.2, 0.25) is 5.91 Å². The molecule has 1 aromatic carbocycles. The van der Waals surface area contributed by atoms with Gasteiger partial charge in [-0.1, -0.05) is 44.2 Å². The third-order valence-electron chi connectivity index (χ3n) is 3.66. The Bertz CT molecular complexity index is 807.